The van der Waals surface area contributed by atoms with Crippen molar-refractivity contribution >= 4 is 12.0 Å². The van der Waals surface area contributed by atoms with Crippen LogP contribution in [0.2, 0.25) is 0 Å². The van der Waals surface area contributed by atoms with E-state index in [1.54, 1.807) is 13.1 Å². The topological polar surface area (TPSA) is 101 Å². The number of anilines is 1. The monoisotopic (exact) mass is 317 g/mol. The van der Waals surface area contributed by atoms with E-state index < -0.39 is 5.69 Å². The van der Waals surface area contributed by atoms with Crippen LogP contribution in [0.3, 0.4) is 0 Å². The number of hydrogen-bond donors (Lipinski definition) is 2. The van der Waals surface area contributed by atoms with Crippen LogP contribution in [0, 0.1) is 6.92 Å². The number of ether oxygens (including phenoxy) is 2. The molecule has 1 aromatic carbocycles. The van der Waals surface area contributed by atoms with Crippen LogP contribution in [0.5, 0.6) is 11.5 Å². The maximum Gasteiger partial charge on any atom is 0.363 e. The minimum Gasteiger partial charge on any atom is -0.490 e. The molecule has 0 bridgehead atoms. The Morgan fingerprint density at radius 1 is 1.26 bits per heavy atom. The Kier molecular flexibility index (Phi) is 5.67. The summed E-state index contributed by atoms with van der Waals surface area (Å²) in [6, 6.07) is 5.51. The Bertz CT molecular complexity index is 742. The summed E-state index contributed by atoms with van der Waals surface area (Å²) in [6.07, 6.45) is 1.60. The van der Waals surface area contributed by atoms with Crippen LogP contribution in [0.15, 0.2) is 28.1 Å². The number of hydrazone groups is 1. The number of aryl methyl sites for hydroxylation is 1. The lowest BCUT2D eigenvalue weighted by Crippen LogP contribution is -2.15. The minimum absolute atomic E-state index is 0.306. The summed E-state index contributed by atoms with van der Waals surface area (Å²) in [6.45, 7) is 6.65. The number of benzene rings is 1. The summed E-state index contributed by atoms with van der Waals surface area (Å²) in [5.41, 5.74) is 3.53. The highest BCUT2D eigenvalue weighted by Crippen LogP contribution is 2.27. The van der Waals surface area contributed by atoms with Gasteiger partial charge in [-0.25, -0.2) is 9.89 Å². The summed E-state index contributed by atoms with van der Waals surface area (Å²) in [7, 11) is 0. The fourth-order valence-corrected chi connectivity index (χ4v) is 1.81. The van der Waals surface area contributed by atoms with E-state index in [1.165, 1.54) is 0 Å². The normalized spacial score (nSPS) is 10.7. The molecular formula is C15H19N5O3. The molecule has 8 heteroatoms. The molecule has 0 saturated heterocycles. The standard InChI is InChI=1S/C15H19N5O3/c1-4-22-12-7-6-11(8-13(12)23-5-2)9-16-19-14-10(3)18-20-15(21)17-14/h6-9H,4-5H2,1-3H3,(H2,17,19,20,21)/b16-9+. The SMILES string of the molecule is CCOc1ccc(/C=N/Nc2nc(=O)[nH]nc2C)cc1OCC. The second kappa shape index (κ2) is 7.92. The summed E-state index contributed by atoms with van der Waals surface area (Å²) in [5.74, 6) is 1.65. The number of hydrogen-bond acceptors (Lipinski definition) is 7. The molecule has 0 atom stereocenters. The highest BCUT2D eigenvalue weighted by molar-refractivity contribution is 5.81. The molecule has 0 saturated carbocycles. The van der Waals surface area contributed by atoms with Gasteiger partial charge in [0.05, 0.1) is 19.4 Å². The number of aromatic amines is 1. The molecule has 1 aromatic heterocycles. The van der Waals surface area contributed by atoms with Crippen LogP contribution in [0.25, 0.3) is 0 Å². The van der Waals surface area contributed by atoms with Crippen LogP contribution in [0.1, 0.15) is 25.1 Å². The highest BCUT2D eigenvalue weighted by atomic mass is 16.5. The molecular weight excluding hydrogens is 298 g/mol. The molecule has 2 aromatic rings. The number of rotatable bonds is 7. The van der Waals surface area contributed by atoms with Gasteiger partial charge in [0.15, 0.2) is 17.3 Å². The van der Waals surface area contributed by atoms with Crippen LogP contribution < -0.4 is 20.6 Å². The first-order valence-corrected chi connectivity index (χ1v) is 7.26. The van der Waals surface area contributed by atoms with Gasteiger partial charge in [-0.15, -0.1) is 0 Å². The van der Waals surface area contributed by atoms with Gasteiger partial charge in [0.1, 0.15) is 5.69 Å². The van der Waals surface area contributed by atoms with E-state index in [0.29, 0.717) is 36.2 Å². The lowest BCUT2D eigenvalue weighted by atomic mass is 10.2. The Balaban J connectivity index is 2.14. The molecule has 0 aliphatic rings. The molecule has 0 unspecified atom stereocenters. The highest BCUT2D eigenvalue weighted by Gasteiger charge is 2.05. The molecule has 0 aliphatic heterocycles. The number of nitrogens with one attached hydrogen (secondary N) is 2. The van der Waals surface area contributed by atoms with Crippen molar-refractivity contribution in [2.45, 2.75) is 20.8 Å². The molecule has 2 rings (SSSR count). The van der Waals surface area contributed by atoms with Crippen molar-refractivity contribution < 1.29 is 9.47 Å². The molecule has 1 heterocycles. The number of aromatic nitrogens is 3. The van der Waals surface area contributed by atoms with Gasteiger partial charge >= 0.3 is 5.69 Å². The first-order valence-electron chi connectivity index (χ1n) is 7.26. The van der Waals surface area contributed by atoms with Gasteiger partial charge in [-0.1, -0.05) is 0 Å². The van der Waals surface area contributed by atoms with Gasteiger partial charge in [0, 0.05) is 0 Å². The molecule has 0 radical (unpaired) electrons. The van der Waals surface area contributed by atoms with E-state index in [2.05, 4.69) is 25.7 Å². The molecule has 0 spiro atoms. The average molecular weight is 317 g/mol. The maximum absolute atomic E-state index is 11.1. The van der Waals surface area contributed by atoms with Crippen LogP contribution >= 0.6 is 0 Å². The lowest BCUT2D eigenvalue weighted by Gasteiger charge is -2.11. The van der Waals surface area contributed by atoms with Gasteiger partial charge in [-0.2, -0.15) is 15.2 Å². The van der Waals surface area contributed by atoms with E-state index in [4.69, 9.17) is 9.47 Å². The van der Waals surface area contributed by atoms with E-state index in [-0.39, 0.29) is 0 Å². The second-order valence-corrected chi connectivity index (χ2v) is 4.52. The van der Waals surface area contributed by atoms with Gasteiger partial charge in [0.25, 0.3) is 0 Å². The summed E-state index contributed by atoms with van der Waals surface area (Å²) in [5, 5.41) is 10.1. The molecule has 23 heavy (non-hydrogen) atoms. The van der Waals surface area contributed by atoms with Gasteiger partial charge in [0.2, 0.25) is 0 Å². The predicted molar refractivity (Wildman–Crippen MR) is 87.4 cm³/mol. The van der Waals surface area contributed by atoms with Crippen molar-refractivity contribution in [2.24, 2.45) is 5.10 Å². The van der Waals surface area contributed by atoms with Crippen LogP contribution in [-0.2, 0) is 0 Å². The summed E-state index contributed by atoms with van der Waals surface area (Å²) < 4.78 is 11.1. The zero-order valence-electron chi connectivity index (χ0n) is 13.3. The molecule has 122 valence electrons. The number of nitrogens with zero attached hydrogens (tertiary/aromatic N) is 3. The third kappa shape index (κ3) is 4.53. The van der Waals surface area contributed by atoms with E-state index >= 15 is 0 Å². The minimum atomic E-state index is -0.534. The fraction of sp³-hybridized carbons (Fsp3) is 0.333. The Labute approximate surface area is 133 Å². The smallest absolute Gasteiger partial charge is 0.363 e. The maximum atomic E-state index is 11.1. The zero-order valence-corrected chi connectivity index (χ0v) is 13.3. The predicted octanol–water partition coefficient (Wildman–Crippen LogP) is 1.72. The van der Waals surface area contributed by atoms with Gasteiger partial charge in [-0.05, 0) is 44.5 Å². The first-order chi connectivity index (χ1) is 11.1. The van der Waals surface area contributed by atoms with Crippen molar-refractivity contribution in [1.82, 2.24) is 15.2 Å². The van der Waals surface area contributed by atoms with E-state index in [9.17, 15) is 4.79 Å². The van der Waals surface area contributed by atoms with Crippen molar-refractivity contribution in [3.05, 3.63) is 39.9 Å². The second-order valence-electron chi connectivity index (χ2n) is 4.52. The average Bonchev–Trinajstić information content (AvgIpc) is 2.53. The molecule has 2 N–H and O–H groups in total. The lowest BCUT2D eigenvalue weighted by molar-refractivity contribution is 0.288. The molecule has 0 fully saturated rings. The molecule has 0 amide bonds. The van der Waals surface area contributed by atoms with Crippen molar-refractivity contribution in [2.75, 3.05) is 18.6 Å². The fourth-order valence-electron chi connectivity index (χ4n) is 1.81. The van der Waals surface area contributed by atoms with E-state index in [0.717, 1.165) is 5.56 Å². The molecule has 0 aliphatic carbocycles. The summed E-state index contributed by atoms with van der Waals surface area (Å²) >= 11 is 0. The Morgan fingerprint density at radius 2 is 2.00 bits per heavy atom. The third-order valence-electron chi connectivity index (χ3n) is 2.83. The van der Waals surface area contributed by atoms with Crippen LogP contribution in [0.4, 0.5) is 5.82 Å². The Morgan fingerprint density at radius 3 is 2.74 bits per heavy atom. The van der Waals surface area contributed by atoms with Gasteiger partial charge in [-0.3, -0.25) is 5.43 Å². The summed E-state index contributed by atoms with van der Waals surface area (Å²) in [4.78, 5) is 14.9. The quantitative estimate of drug-likeness (QED) is 0.595. The zero-order chi connectivity index (χ0) is 16.7. The third-order valence-corrected chi connectivity index (χ3v) is 2.83. The number of H-pyrrole nitrogens is 1. The van der Waals surface area contributed by atoms with E-state index in [1.807, 2.05) is 32.0 Å². The largest absolute Gasteiger partial charge is 0.490 e. The van der Waals surface area contributed by atoms with Gasteiger partial charge < -0.3 is 9.47 Å². The first kappa shape index (κ1) is 16.5. The Hall–Kier alpha value is -2.90. The van der Waals surface area contributed by atoms with Crippen LogP contribution in [-0.4, -0.2) is 34.6 Å². The van der Waals surface area contributed by atoms with Crippen molar-refractivity contribution in [1.29, 1.82) is 0 Å². The van der Waals surface area contributed by atoms with Crippen molar-refractivity contribution in [3.8, 4) is 11.5 Å². The molecule has 8 nitrogen and oxygen atoms in total. The van der Waals surface area contributed by atoms with Crippen molar-refractivity contribution in [3.63, 3.8) is 0 Å².